The summed E-state index contributed by atoms with van der Waals surface area (Å²) < 4.78 is 5.00. The Morgan fingerprint density at radius 3 is 2.27 bits per heavy atom. The number of anilines is 2. The van der Waals surface area contributed by atoms with E-state index in [0.717, 1.165) is 16.0 Å². The fourth-order valence-electron chi connectivity index (χ4n) is 5.02. The Hall–Kier alpha value is -5.48. The first kappa shape index (κ1) is 33.9. The van der Waals surface area contributed by atoms with Crippen LogP contribution in [0.4, 0.5) is 11.4 Å². The summed E-state index contributed by atoms with van der Waals surface area (Å²) in [6, 6.07) is 29.5. The zero-order chi connectivity index (χ0) is 34.2. The van der Waals surface area contributed by atoms with Crippen molar-refractivity contribution in [2.75, 3.05) is 16.8 Å². The second kappa shape index (κ2) is 15.4. The van der Waals surface area contributed by atoms with Gasteiger partial charge in [0.05, 0.1) is 23.1 Å². The number of carbonyl (C=O) groups excluding carboxylic acids is 5. The highest BCUT2D eigenvalue weighted by Gasteiger charge is 2.40. The Bertz CT molecular complexity index is 1850. The van der Waals surface area contributed by atoms with Crippen molar-refractivity contribution in [2.24, 2.45) is 0 Å². The normalized spacial score (nSPS) is 14.6. The highest BCUT2D eigenvalue weighted by molar-refractivity contribution is 8.00. The van der Waals surface area contributed by atoms with E-state index in [1.807, 2.05) is 24.3 Å². The van der Waals surface area contributed by atoms with Gasteiger partial charge in [-0.1, -0.05) is 62.4 Å². The van der Waals surface area contributed by atoms with Gasteiger partial charge in [0.1, 0.15) is 5.70 Å². The third kappa shape index (κ3) is 8.26. The number of nitrogens with one attached hydrogen (secondary N) is 2. The van der Waals surface area contributed by atoms with Crippen molar-refractivity contribution in [1.29, 1.82) is 0 Å². The fourth-order valence-corrected chi connectivity index (χ4v) is 6.14. The number of ether oxygens (including phenoxy) is 1. The van der Waals surface area contributed by atoms with Crippen LogP contribution in [0.2, 0.25) is 0 Å². The largest absolute Gasteiger partial charge is 0.462 e. The number of amides is 4. The average Bonchev–Trinajstić information content (AvgIpc) is 3.36. The highest BCUT2D eigenvalue weighted by Crippen LogP contribution is 2.35. The van der Waals surface area contributed by atoms with Gasteiger partial charge in [-0.3, -0.25) is 19.2 Å². The molecule has 1 aliphatic heterocycles. The average molecular weight is 662 g/mol. The van der Waals surface area contributed by atoms with Crippen LogP contribution in [0.15, 0.2) is 114 Å². The molecule has 0 bridgehead atoms. The molecule has 10 heteroatoms. The van der Waals surface area contributed by atoms with E-state index in [1.165, 1.54) is 23.9 Å². The summed E-state index contributed by atoms with van der Waals surface area (Å²) in [6.07, 6.45) is 1.61. The SMILES string of the molecule is CCOC(=O)c1ccc(N2C(=O)CC(Sc3cccc(NC(=O)/C(=C/c4ccc(C(C)C)cc4)NC(=O)c4ccccc4)c3)C2=O)cc1. The Morgan fingerprint density at radius 1 is 0.896 bits per heavy atom. The van der Waals surface area contributed by atoms with Crippen molar-refractivity contribution in [3.05, 3.63) is 131 Å². The Labute approximate surface area is 283 Å². The van der Waals surface area contributed by atoms with Gasteiger partial charge in [0.2, 0.25) is 11.8 Å². The van der Waals surface area contributed by atoms with Crippen molar-refractivity contribution in [3.63, 3.8) is 0 Å². The molecule has 0 saturated carbocycles. The van der Waals surface area contributed by atoms with Gasteiger partial charge in [-0.25, -0.2) is 9.69 Å². The van der Waals surface area contributed by atoms with Gasteiger partial charge in [0, 0.05) is 22.6 Å². The number of esters is 1. The minimum absolute atomic E-state index is 0.00623. The van der Waals surface area contributed by atoms with Crippen molar-refractivity contribution in [2.45, 2.75) is 43.3 Å². The molecule has 4 amide bonds. The zero-order valence-corrected chi connectivity index (χ0v) is 27.6. The molecule has 4 aromatic carbocycles. The maximum absolute atomic E-state index is 13.6. The molecule has 0 spiro atoms. The quantitative estimate of drug-likeness (QED) is 0.103. The molecule has 1 saturated heterocycles. The molecule has 1 fully saturated rings. The monoisotopic (exact) mass is 661 g/mol. The minimum atomic E-state index is -0.678. The van der Waals surface area contributed by atoms with Crippen LogP contribution in [0.1, 0.15) is 65.0 Å². The first-order valence-electron chi connectivity index (χ1n) is 15.5. The van der Waals surface area contributed by atoms with Gasteiger partial charge < -0.3 is 15.4 Å². The summed E-state index contributed by atoms with van der Waals surface area (Å²) in [4.78, 5) is 66.6. The van der Waals surface area contributed by atoms with Crippen molar-refractivity contribution < 1.29 is 28.7 Å². The minimum Gasteiger partial charge on any atom is -0.462 e. The third-order valence-electron chi connectivity index (χ3n) is 7.56. The Balaban J connectivity index is 1.30. The summed E-state index contributed by atoms with van der Waals surface area (Å²) in [5.74, 6) is -1.82. The first-order valence-corrected chi connectivity index (χ1v) is 16.4. The van der Waals surface area contributed by atoms with Crippen LogP contribution < -0.4 is 15.5 Å². The van der Waals surface area contributed by atoms with Gasteiger partial charge in [-0.2, -0.15) is 0 Å². The van der Waals surface area contributed by atoms with E-state index < -0.39 is 23.0 Å². The lowest BCUT2D eigenvalue weighted by Crippen LogP contribution is -2.31. The molecule has 0 aromatic heterocycles. The molecule has 1 unspecified atom stereocenters. The molecular formula is C38H35N3O6S. The lowest BCUT2D eigenvalue weighted by atomic mass is 10.0. The topological polar surface area (TPSA) is 122 Å². The predicted octanol–water partition coefficient (Wildman–Crippen LogP) is 6.82. The summed E-state index contributed by atoms with van der Waals surface area (Å²) in [5, 5.41) is 4.93. The fraction of sp³-hybridized carbons (Fsp3) is 0.184. The van der Waals surface area contributed by atoms with Crippen molar-refractivity contribution in [1.82, 2.24) is 5.32 Å². The molecule has 0 radical (unpaired) electrons. The van der Waals surface area contributed by atoms with E-state index in [4.69, 9.17) is 4.74 Å². The maximum atomic E-state index is 13.6. The maximum Gasteiger partial charge on any atom is 0.338 e. The Kier molecular flexibility index (Phi) is 10.9. The van der Waals surface area contributed by atoms with Crippen LogP contribution in [0, 0.1) is 0 Å². The van der Waals surface area contributed by atoms with E-state index in [0.29, 0.717) is 33.3 Å². The van der Waals surface area contributed by atoms with Crippen molar-refractivity contribution >= 4 is 58.8 Å². The van der Waals surface area contributed by atoms with E-state index >= 15 is 0 Å². The lowest BCUT2D eigenvalue weighted by Gasteiger charge is -2.16. The van der Waals surface area contributed by atoms with E-state index in [-0.39, 0.29) is 30.5 Å². The second-order valence-corrected chi connectivity index (χ2v) is 12.6. The molecule has 244 valence electrons. The summed E-state index contributed by atoms with van der Waals surface area (Å²) in [6.45, 7) is 6.15. The van der Waals surface area contributed by atoms with E-state index in [9.17, 15) is 24.0 Å². The van der Waals surface area contributed by atoms with Crippen LogP contribution in [0.5, 0.6) is 0 Å². The van der Waals surface area contributed by atoms with E-state index in [1.54, 1.807) is 79.7 Å². The molecule has 1 aliphatic rings. The third-order valence-corrected chi connectivity index (χ3v) is 8.73. The van der Waals surface area contributed by atoms with Crippen LogP contribution in [0.3, 0.4) is 0 Å². The molecule has 4 aromatic rings. The number of nitrogens with zero attached hydrogens (tertiary/aromatic N) is 1. The van der Waals surface area contributed by atoms with Crippen LogP contribution >= 0.6 is 11.8 Å². The molecule has 5 rings (SSSR count). The molecule has 2 N–H and O–H groups in total. The number of rotatable bonds is 11. The molecule has 0 aliphatic carbocycles. The zero-order valence-electron chi connectivity index (χ0n) is 26.8. The summed E-state index contributed by atoms with van der Waals surface area (Å²) >= 11 is 1.22. The number of hydrogen-bond acceptors (Lipinski definition) is 7. The molecule has 48 heavy (non-hydrogen) atoms. The second-order valence-electron chi connectivity index (χ2n) is 11.3. The van der Waals surface area contributed by atoms with Crippen molar-refractivity contribution in [3.8, 4) is 0 Å². The highest BCUT2D eigenvalue weighted by atomic mass is 32.2. The van der Waals surface area contributed by atoms with Gasteiger partial charge in [0.15, 0.2) is 0 Å². The van der Waals surface area contributed by atoms with Gasteiger partial charge in [-0.15, -0.1) is 11.8 Å². The molecule has 1 heterocycles. The number of carbonyl (C=O) groups is 5. The van der Waals surface area contributed by atoms with Gasteiger partial charge in [-0.05, 0) is 84.6 Å². The van der Waals surface area contributed by atoms with Gasteiger partial charge >= 0.3 is 5.97 Å². The Morgan fingerprint density at radius 2 is 1.60 bits per heavy atom. The predicted molar refractivity (Wildman–Crippen MR) is 187 cm³/mol. The number of thioether (sulfide) groups is 1. The van der Waals surface area contributed by atoms with Crippen LogP contribution in [-0.4, -0.2) is 41.5 Å². The smallest absolute Gasteiger partial charge is 0.338 e. The lowest BCUT2D eigenvalue weighted by molar-refractivity contribution is -0.121. The van der Waals surface area contributed by atoms with Gasteiger partial charge in [0.25, 0.3) is 11.8 Å². The molecule has 9 nitrogen and oxygen atoms in total. The summed E-state index contributed by atoms with van der Waals surface area (Å²) in [7, 11) is 0. The summed E-state index contributed by atoms with van der Waals surface area (Å²) in [5.41, 5.74) is 3.50. The van der Waals surface area contributed by atoms with E-state index in [2.05, 4.69) is 24.5 Å². The number of benzene rings is 4. The van der Waals surface area contributed by atoms with Crippen LogP contribution in [-0.2, 0) is 19.1 Å². The number of imide groups is 1. The van der Waals surface area contributed by atoms with Crippen LogP contribution in [0.25, 0.3) is 6.08 Å². The molecule has 1 atom stereocenters. The standard InChI is InChI=1S/C38H35N3O6S/c1-4-47-38(46)28-17-19-30(20-18-28)41-34(42)23-33(37(41)45)48-31-12-8-11-29(22-31)39-36(44)32(40-35(43)27-9-6-5-7-10-27)21-25-13-15-26(16-14-25)24(2)3/h5-22,24,33H,4,23H2,1-3H3,(H,39,44)(H,40,43)/b32-21-. The molecular weight excluding hydrogens is 627 g/mol. The number of hydrogen-bond donors (Lipinski definition) is 2. The first-order chi connectivity index (χ1) is 23.1.